The summed E-state index contributed by atoms with van der Waals surface area (Å²) >= 11 is 0. The number of carbonyl (C=O) groups is 1. The Morgan fingerprint density at radius 3 is 0.615 bits per heavy atom. The van der Waals surface area contributed by atoms with Crippen molar-refractivity contribution in [2.75, 3.05) is 19.6 Å². The van der Waals surface area contributed by atoms with Crippen molar-refractivity contribution in [2.45, 2.75) is 284 Å². The van der Waals surface area contributed by atoms with E-state index in [1.54, 1.807) is 0 Å². The summed E-state index contributed by atoms with van der Waals surface area (Å²) in [6.07, 6.45) is 58.8. The van der Waals surface area contributed by atoms with Crippen molar-refractivity contribution < 1.29 is 39.5 Å². The van der Waals surface area contributed by atoms with Crippen molar-refractivity contribution in [1.29, 1.82) is 0 Å². The minimum absolute atomic E-state index is 0. The second kappa shape index (κ2) is 49.4. The van der Waals surface area contributed by atoms with E-state index >= 15 is 0 Å². The average molecular weight is 742 g/mol. The van der Waals surface area contributed by atoms with Gasteiger partial charge in [0.1, 0.15) is 0 Å². The smallest absolute Gasteiger partial charge is 0.549 e. The Labute approximate surface area is 351 Å². The Kier molecular flexibility index (Phi) is 51.9. The van der Waals surface area contributed by atoms with Gasteiger partial charge in [-0.3, -0.25) is 4.90 Å². The number of carbonyl (C=O) groups excluding carboxylic acids is 1. The van der Waals surface area contributed by atoms with Gasteiger partial charge in [0.25, 0.3) is 0 Å². The van der Waals surface area contributed by atoms with E-state index < -0.39 is 5.97 Å². The molecule has 0 unspecified atom stereocenters. The number of rotatable bonds is 46. The normalized spacial score (nSPS) is 11.4. The molecule has 0 atom stereocenters. The van der Waals surface area contributed by atoms with Crippen LogP contribution in [0.1, 0.15) is 284 Å². The van der Waals surface area contributed by atoms with Gasteiger partial charge < -0.3 is 9.90 Å². The third-order valence-corrected chi connectivity index (χ3v) is 11.5. The second-order valence-corrected chi connectivity index (χ2v) is 16.8. The number of hydrogen-bond acceptors (Lipinski definition) is 3. The predicted molar refractivity (Wildman–Crippen MR) is 227 cm³/mol. The Morgan fingerprint density at radius 1 is 0.308 bits per heavy atom. The molecule has 0 aliphatic carbocycles. The van der Waals surface area contributed by atoms with E-state index in [0.29, 0.717) is 0 Å². The number of unbranched alkanes of at least 4 members (excludes halogenated alkanes) is 40. The average Bonchev–Trinajstić information content (AvgIpc) is 3.12. The molecule has 0 N–H and O–H groups in total. The number of carboxylic acids is 1. The summed E-state index contributed by atoms with van der Waals surface area (Å²) in [5, 5.41) is 11.3. The molecule has 0 aromatic rings. The third-order valence-electron chi connectivity index (χ3n) is 11.5. The topological polar surface area (TPSA) is 43.4 Å². The largest absolute Gasteiger partial charge is 1.00 e. The fourth-order valence-corrected chi connectivity index (χ4v) is 7.99. The van der Waals surface area contributed by atoms with Gasteiger partial charge in [-0.05, 0) is 25.9 Å². The maximum absolute atomic E-state index is 11.3. The first-order valence-corrected chi connectivity index (χ1v) is 24.1. The Bertz CT molecular complexity index is 598. The zero-order valence-corrected chi connectivity index (χ0v) is 38.6. The Morgan fingerprint density at radius 2 is 0.462 bits per heavy atom. The molecule has 0 aromatic heterocycles. The molecule has 0 aromatic carbocycles. The van der Waals surface area contributed by atoms with Crippen molar-refractivity contribution >= 4 is 5.97 Å². The standard InChI is InChI=1S/C48H97NO2.Na/c1-3-5-7-9-11-13-15-17-19-21-23-25-27-29-31-33-35-37-39-41-43-45-49(47-48(50)51)46-44-42-40-38-36-34-32-30-28-26-24-22-20-18-16-14-12-10-8-6-4-2;/h3-47H2,1-2H3,(H,50,51);/q;+1/p-1. The summed E-state index contributed by atoms with van der Waals surface area (Å²) in [6.45, 7) is 6.55. The molecule has 306 valence electrons. The molecular formula is C48H96NNaO2. The van der Waals surface area contributed by atoms with Gasteiger partial charge in [0.05, 0.1) is 5.97 Å². The summed E-state index contributed by atoms with van der Waals surface area (Å²) in [7, 11) is 0. The summed E-state index contributed by atoms with van der Waals surface area (Å²) in [6, 6.07) is 0. The van der Waals surface area contributed by atoms with Gasteiger partial charge >= 0.3 is 29.6 Å². The molecule has 0 radical (unpaired) electrons. The molecule has 0 aliphatic heterocycles. The van der Waals surface area contributed by atoms with Gasteiger partial charge in [-0.15, -0.1) is 0 Å². The fraction of sp³-hybridized carbons (Fsp3) is 0.979. The molecule has 0 aliphatic rings. The van der Waals surface area contributed by atoms with E-state index in [1.165, 1.54) is 257 Å². The summed E-state index contributed by atoms with van der Waals surface area (Å²) in [5.74, 6) is -0.915. The van der Waals surface area contributed by atoms with Crippen molar-refractivity contribution in [3.8, 4) is 0 Å². The van der Waals surface area contributed by atoms with Crippen LogP contribution in [0.2, 0.25) is 0 Å². The van der Waals surface area contributed by atoms with Crippen molar-refractivity contribution in [2.24, 2.45) is 0 Å². The van der Waals surface area contributed by atoms with Crippen LogP contribution in [0.15, 0.2) is 0 Å². The van der Waals surface area contributed by atoms with Crippen LogP contribution in [0.25, 0.3) is 0 Å². The molecule has 52 heavy (non-hydrogen) atoms. The summed E-state index contributed by atoms with van der Waals surface area (Å²) < 4.78 is 0. The fourth-order valence-electron chi connectivity index (χ4n) is 7.99. The maximum Gasteiger partial charge on any atom is 1.00 e. The predicted octanol–water partition coefficient (Wildman–Crippen LogP) is 12.5. The van der Waals surface area contributed by atoms with Crippen LogP contribution in [0.3, 0.4) is 0 Å². The van der Waals surface area contributed by atoms with E-state index in [1.807, 2.05) is 0 Å². The molecule has 0 spiro atoms. The SMILES string of the molecule is CCCCCCCCCCCCCCCCCCCCCCCN(CCCCCCCCCCCCCCCCCCCCCCC)CC(=O)[O-].[Na+]. The van der Waals surface area contributed by atoms with Crippen molar-refractivity contribution in [3.63, 3.8) is 0 Å². The van der Waals surface area contributed by atoms with Gasteiger partial charge in [0.2, 0.25) is 0 Å². The third kappa shape index (κ3) is 48.4. The summed E-state index contributed by atoms with van der Waals surface area (Å²) in [4.78, 5) is 13.4. The van der Waals surface area contributed by atoms with E-state index in [4.69, 9.17) is 0 Å². The van der Waals surface area contributed by atoms with Gasteiger partial charge in [0, 0.05) is 6.54 Å². The van der Waals surface area contributed by atoms with E-state index in [9.17, 15) is 9.90 Å². The molecule has 0 saturated carbocycles. The first-order valence-electron chi connectivity index (χ1n) is 24.1. The molecular weight excluding hydrogens is 646 g/mol. The zero-order chi connectivity index (χ0) is 37.0. The van der Waals surface area contributed by atoms with Crippen LogP contribution < -0.4 is 34.7 Å². The van der Waals surface area contributed by atoms with E-state index in [-0.39, 0.29) is 36.1 Å². The molecule has 0 amide bonds. The van der Waals surface area contributed by atoms with Gasteiger partial charge in [-0.25, -0.2) is 0 Å². The van der Waals surface area contributed by atoms with Crippen LogP contribution in [0.5, 0.6) is 0 Å². The maximum atomic E-state index is 11.3. The first-order chi connectivity index (χ1) is 25.2. The van der Waals surface area contributed by atoms with E-state index in [0.717, 1.165) is 25.9 Å². The van der Waals surface area contributed by atoms with Crippen LogP contribution in [-0.4, -0.2) is 30.5 Å². The molecule has 3 nitrogen and oxygen atoms in total. The molecule has 4 heteroatoms. The Balaban J connectivity index is 0. The minimum Gasteiger partial charge on any atom is -0.549 e. The van der Waals surface area contributed by atoms with E-state index in [2.05, 4.69) is 18.7 Å². The quantitative estimate of drug-likeness (QED) is 0.0461. The van der Waals surface area contributed by atoms with Crippen LogP contribution in [-0.2, 0) is 4.79 Å². The molecule has 0 saturated heterocycles. The minimum atomic E-state index is -0.915. The zero-order valence-electron chi connectivity index (χ0n) is 36.6. The first kappa shape index (κ1) is 54.5. The van der Waals surface area contributed by atoms with Crippen molar-refractivity contribution in [1.82, 2.24) is 4.90 Å². The Hall–Kier alpha value is 0.430. The van der Waals surface area contributed by atoms with Crippen LogP contribution in [0.4, 0.5) is 0 Å². The van der Waals surface area contributed by atoms with Crippen molar-refractivity contribution in [3.05, 3.63) is 0 Å². The summed E-state index contributed by atoms with van der Waals surface area (Å²) in [5.41, 5.74) is 0. The molecule has 0 heterocycles. The van der Waals surface area contributed by atoms with Gasteiger partial charge in [-0.2, -0.15) is 0 Å². The monoisotopic (exact) mass is 742 g/mol. The second-order valence-electron chi connectivity index (χ2n) is 16.8. The number of hydrogen-bond donors (Lipinski definition) is 0. The van der Waals surface area contributed by atoms with Crippen LogP contribution >= 0.6 is 0 Å². The number of nitrogens with zero attached hydrogens (tertiary/aromatic N) is 1. The number of carboxylic acid groups (broad SMARTS) is 1. The van der Waals surface area contributed by atoms with Gasteiger partial charge in [0.15, 0.2) is 0 Å². The van der Waals surface area contributed by atoms with Crippen LogP contribution in [0, 0.1) is 0 Å². The molecule has 0 bridgehead atoms. The van der Waals surface area contributed by atoms with Gasteiger partial charge in [-0.1, -0.05) is 271 Å². The molecule has 0 rings (SSSR count). The number of aliphatic carboxylic acids is 1. The molecule has 0 fully saturated rings.